The molecule has 3 aromatic carbocycles. The predicted octanol–water partition coefficient (Wildman–Crippen LogP) is 3.81. The van der Waals surface area contributed by atoms with Gasteiger partial charge in [0.2, 0.25) is 0 Å². The Bertz CT molecular complexity index is 1500. The number of H-pyrrole nitrogens is 1. The topological polar surface area (TPSA) is 100 Å². The van der Waals surface area contributed by atoms with Crippen LogP contribution in [0.2, 0.25) is 0 Å². The van der Waals surface area contributed by atoms with Gasteiger partial charge in [0.15, 0.2) is 11.6 Å². The van der Waals surface area contributed by atoms with Crippen LogP contribution in [0, 0.1) is 5.82 Å². The molecule has 2 atom stereocenters. The molecule has 4 aromatic rings. The summed E-state index contributed by atoms with van der Waals surface area (Å²) in [6.07, 6.45) is 2.21. The van der Waals surface area contributed by atoms with Gasteiger partial charge in [-0.2, -0.15) is 0 Å². The van der Waals surface area contributed by atoms with Gasteiger partial charge >= 0.3 is 0 Å². The first-order valence-corrected chi connectivity index (χ1v) is 11.7. The molecule has 35 heavy (non-hydrogen) atoms. The van der Waals surface area contributed by atoms with Crippen LogP contribution in [-0.4, -0.2) is 54.0 Å². The van der Waals surface area contributed by atoms with Crippen molar-refractivity contribution in [3.8, 4) is 16.9 Å². The Morgan fingerprint density at radius 1 is 1.00 bits per heavy atom. The largest absolute Gasteiger partial charge is 0.494 e. The van der Waals surface area contributed by atoms with E-state index in [2.05, 4.69) is 10.3 Å². The molecule has 2 bridgehead atoms. The number of nitrogens with two attached hydrogens (primary N) is 1. The third-order valence-electron chi connectivity index (χ3n) is 7.21. The second-order valence-corrected chi connectivity index (χ2v) is 9.39. The van der Waals surface area contributed by atoms with Gasteiger partial charge in [-0.25, -0.2) is 4.39 Å². The van der Waals surface area contributed by atoms with Crippen molar-refractivity contribution in [1.29, 1.82) is 0 Å². The second kappa shape index (κ2) is 8.09. The molecular weight excluding hydrogens is 447 g/mol. The SMILES string of the molecule is COc1ccc(-c2cc(C(N)=O)c3[nH]c4cc(C(=O)N5C[C@H]6CC[C@@H](C5)N6)ccc4c3c2)cc1F. The number of piperazine rings is 1. The van der Waals surface area contributed by atoms with Gasteiger partial charge in [-0.05, 0) is 60.4 Å². The van der Waals surface area contributed by atoms with E-state index in [1.165, 1.54) is 13.2 Å². The lowest BCUT2D eigenvalue weighted by Gasteiger charge is -2.33. The summed E-state index contributed by atoms with van der Waals surface area (Å²) in [5.74, 6) is -0.931. The number of benzene rings is 3. The number of carbonyl (C=O) groups is 2. The Morgan fingerprint density at radius 3 is 2.46 bits per heavy atom. The predicted molar refractivity (Wildman–Crippen MR) is 132 cm³/mol. The minimum atomic E-state index is -0.593. The fraction of sp³-hybridized carbons (Fsp3) is 0.259. The molecule has 0 unspecified atom stereocenters. The van der Waals surface area contributed by atoms with Gasteiger partial charge in [-0.15, -0.1) is 0 Å². The van der Waals surface area contributed by atoms with Crippen LogP contribution in [0.25, 0.3) is 32.9 Å². The monoisotopic (exact) mass is 472 g/mol. The highest BCUT2D eigenvalue weighted by Crippen LogP contribution is 2.34. The number of primary amides is 1. The first-order chi connectivity index (χ1) is 16.9. The van der Waals surface area contributed by atoms with Gasteiger partial charge < -0.3 is 25.7 Å². The van der Waals surface area contributed by atoms with Crippen LogP contribution in [-0.2, 0) is 0 Å². The summed E-state index contributed by atoms with van der Waals surface area (Å²) < 4.78 is 19.4. The lowest BCUT2D eigenvalue weighted by Crippen LogP contribution is -2.53. The molecule has 6 rings (SSSR count). The molecule has 0 spiro atoms. The maximum Gasteiger partial charge on any atom is 0.254 e. The standard InChI is InChI=1S/C27H25FN4O3/c1-35-24-7-3-14(10-22(24)28)16-8-20-19-6-2-15(11-23(19)31-25(20)21(9-16)26(29)33)27(34)32-12-17-4-5-18(13-32)30-17/h2-3,6-11,17-18,30-31H,4-5,12-13H2,1H3,(H2,29,33)/t17-,18+. The van der Waals surface area contributed by atoms with Crippen LogP contribution >= 0.6 is 0 Å². The molecule has 2 saturated heterocycles. The molecule has 2 fully saturated rings. The third-order valence-corrected chi connectivity index (χ3v) is 7.21. The molecule has 0 saturated carbocycles. The Labute approximate surface area is 201 Å². The first-order valence-electron chi connectivity index (χ1n) is 11.7. The van der Waals surface area contributed by atoms with E-state index in [9.17, 15) is 14.0 Å². The lowest BCUT2D eigenvalue weighted by atomic mass is 9.98. The Hall–Kier alpha value is -3.91. The number of aromatic amines is 1. The molecule has 2 amide bonds. The summed E-state index contributed by atoms with van der Waals surface area (Å²) in [7, 11) is 1.41. The molecule has 2 aliphatic rings. The Kier molecular flexibility index (Phi) is 5.00. The highest BCUT2D eigenvalue weighted by molar-refractivity contribution is 6.17. The van der Waals surface area contributed by atoms with Gasteiger partial charge in [-0.3, -0.25) is 9.59 Å². The van der Waals surface area contributed by atoms with Crippen LogP contribution in [0.1, 0.15) is 33.6 Å². The number of nitrogens with zero attached hydrogens (tertiary/aromatic N) is 1. The maximum atomic E-state index is 14.4. The van der Waals surface area contributed by atoms with Gasteiger partial charge in [0.1, 0.15) is 0 Å². The minimum Gasteiger partial charge on any atom is -0.494 e. The summed E-state index contributed by atoms with van der Waals surface area (Å²) in [6.45, 7) is 1.43. The van der Waals surface area contributed by atoms with Crippen LogP contribution in [0.4, 0.5) is 4.39 Å². The Morgan fingerprint density at radius 2 is 1.77 bits per heavy atom. The van der Waals surface area contributed by atoms with Crippen molar-refractivity contribution in [3.05, 3.63) is 65.5 Å². The van der Waals surface area contributed by atoms with E-state index < -0.39 is 11.7 Å². The van der Waals surface area contributed by atoms with E-state index in [1.54, 1.807) is 18.2 Å². The third kappa shape index (κ3) is 3.61. The summed E-state index contributed by atoms with van der Waals surface area (Å²) in [5, 5.41) is 5.18. The average Bonchev–Trinajstić information content (AvgIpc) is 3.40. The fourth-order valence-electron chi connectivity index (χ4n) is 5.49. The van der Waals surface area contributed by atoms with Crippen molar-refractivity contribution in [2.24, 2.45) is 5.73 Å². The molecule has 178 valence electrons. The molecule has 7 nitrogen and oxygen atoms in total. The highest BCUT2D eigenvalue weighted by atomic mass is 19.1. The molecule has 8 heteroatoms. The van der Waals surface area contributed by atoms with Gasteiger partial charge in [0.25, 0.3) is 11.8 Å². The number of hydrogen-bond donors (Lipinski definition) is 3. The number of methoxy groups -OCH3 is 1. The number of ether oxygens (including phenoxy) is 1. The number of carbonyl (C=O) groups excluding carboxylic acids is 2. The zero-order chi connectivity index (χ0) is 24.3. The number of amides is 2. The zero-order valence-corrected chi connectivity index (χ0v) is 19.2. The molecule has 0 aliphatic carbocycles. The summed E-state index contributed by atoms with van der Waals surface area (Å²) >= 11 is 0. The summed E-state index contributed by atoms with van der Waals surface area (Å²) in [6, 6.07) is 14.5. The van der Waals surface area contributed by atoms with E-state index in [4.69, 9.17) is 10.5 Å². The molecule has 4 N–H and O–H groups in total. The molecule has 1 aromatic heterocycles. The van der Waals surface area contributed by atoms with Gasteiger partial charge in [0.05, 0.1) is 18.2 Å². The molecule has 3 heterocycles. The molecular formula is C27H25FN4O3. The number of halogens is 1. The smallest absolute Gasteiger partial charge is 0.254 e. The lowest BCUT2D eigenvalue weighted by molar-refractivity contribution is 0.0697. The van der Waals surface area contributed by atoms with Crippen LogP contribution in [0.5, 0.6) is 5.75 Å². The van der Waals surface area contributed by atoms with Gasteiger partial charge in [-0.1, -0.05) is 12.1 Å². The van der Waals surface area contributed by atoms with Gasteiger partial charge in [0, 0.05) is 47.0 Å². The van der Waals surface area contributed by atoms with E-state index in [1.807, 2.05) is 29.2 Å². The zero-order valence-electron chi connectivity index (χ0n) is 19.2. The van der Waals surface area contributed by atoms with Crippen LogP contribution in [0.15, 0.2) is 48.5 Å². The van der Waals surface area contributed by atoms with E-state index in [-0.39, 0.29) is 11.7 Å². The van der Waals surface area contributed by atoms with Crippen LogP contribution < -0.4 is 15.8 Å². The van der Waals surface area contributed by atoms with Crippen molar-refractivity contribution in [2.75, 3.05) is 20.2 Å². The first kappa shape index (κ1) is 21.6. The quantitative estimate of drug-likeness (QED) is 0.421. The molecule has 2 aliphatic heterocycles. The second-order valence-electron chi connectivity index (χ2n) is 9.39. The fourth-order valence-corrected chi connectivity index (χ4v) is 5.49. The minimum absolute atomic E-state index is 0.00785. The average molecular weight is 473 g/mol. The number of nitrogens with one attached hydrogen (secondary N) is 2. The Balaban J connectivity index is 1.44. The summed E-state index contributed by atoms with van der Waals surface area (Å²) in [4.78, 5) is 30.8. The van der Waals surface area contributed by atoms with E-state index >= 15 is 0 Å². The van der Waals surface area contributed by atoms with Crippen molar-refractivity contribution < 1.29 is 18.7 Å². The van der Waals surface area contributed by atoms with Crippen molar-refractivity contribution in [1.82, 2.24) is 15.2 Å². The number of hydrogen-bond acceptors (Lipinski definition) is 4. The normalized spacial score (nSPS) is 19.4. The summed E-state index contributed by atoms with van der Waals surface area (Å²) in [5.41, 5.74) is 9.20. The number of likely N-dealkylation sites (tertiary alicyclic amines) is 1. The van der Waals surface area contributed by atoms with E-state index in [0.29, 0.717) is 52.9 Å². The number of rotatable bonds is 4. The van der Waals surface area contributed by atoms with Crippen molar-refractivity contribution in [3.63, 3.8) is 0 Å². The van der Waals surface area contributed by atoms with Crippen LogP contribution in [0.3, 0.4) is 0 Å². The maximum absolute atomic E-state index is 14.4. The number of fused-ring (bicyclic) bond motifs is 5. The molecule has 0 radical (unpaired) electrons. The van der Waals surface area contributed by atoms with Crippen molar-refractivity contribution >= 4 is 33.6 Å². The number of aromatic nitrogens is 1. The highest BCUT2D eigenvalue weighted by Gasteiger charge is 2.34. The van der Waals surface area contributed by atoms with Crippen molar-refractivity contribution in [2.45, 2.75) is 24.9 Å². The van der Waals surface area contributed by atoms with E-state index in [0.717, 1.165) is 29.1 Å².